The number of nitrogens with zero attached hydrogens (tertiary/aromatic N) is 3. The molecule has 3 aromatic rings. The van der Waals surface area contributed by atoms with Gasteiger partial charge in [0.25, 0.3) is 5.91 Å². The second kappa shape index (κ2) is 12.9. The summed E-state index contributed by atoms with van der Waals surface area (Å²) in [5.41, 5.74) is 4.47. The first kappa shape index (κ1) is 28.4. The number of likely N-dealkylation sites (tertiary alicyclic amines) is 1. The number of hydrogen-bond acceptors (Lipinski definition) is 4. The molecule has 0 saturated carbocycles. The Kier molecular flexibility index (Phi) is 9.89. The van der Waals surface area contributed by atoms with Crippen molar-refractivity contribution >= 4 is 34.7 Å². The fourth-order valence-corrected chi connectivity index (χ4v) is 5.07. The summed E-state index contributed by atoms with van der Waals surface area (Å²) < 4.78 is 0. The van der Waals surface area contributed by atoms with Crippen LogP contribution < -0.4 is 17.3 Å². The molecule has 3 aromatic carbocycles. The summed E-state index contributed by atoms with van der Waals surface area (Å²) in [5, 5.41) is 0.741. The molecule has 2 aliphatic rings. The van der Waals surface area contributed by atoms with Crippen molar-refractivity contribution in [3.05, 3.63) is 107 Å². The van der Waals surface area contributed by atoms with Gasteiger partial charge in [-0.15, -0.1) is 0 Å². The standard InChI is InChI=1S/C29H28ClN3O2.ClH.H2O/c30-24-12-7-13-25(20-24)32-17-14-31(15-18-32)16-19-33-27(34)21-26(29(33)35)28(22-8-3-1-4-9-22)23-10-5-2-6-11-23;;/h1-13,20H,14-19,21H2;1H;1H2/p-1. The summed E-state index contributed by atoms with van der Waals surface area (Å²) in [6, 6.07) is 27.7. The first-order valence-electron chi connectivity index (χ1n) is 12.0. The van der Waals surface area contributed by atoms with Gasteiger partial charge in [-0.25, -0.2) is 0 Å². The molecule has 2 amide bonds. The third-order valence-corrected chi connectivity index (χ3v) is 6.98. The molecule has 37 heavy (non-hydrogen) atoms. The van der Waals surface area contributed by atoms with E-state index < -0.39 is 0 Å². The third-order valence-electron chi connectivity index (χ3n) is 6.74. The van der Waals surface area contributed by atoms with Gasteiger partial charge < -0.3 is 22.8 Å². The average Bonchev–Trinajstić information content (AvgIpc) is 3.17. The van der Waals surface area contributed by atoms with E-state index in [1.54, 1.807) is 0 Å². The number of halogens is 2. The van der Waals surface area contributed by atoms with Crippen LogP contribution in [-0.4, -0.2) is 66.4 Å². The van der Waals surface area contributed by atoms with Gasteiger partial charge in [0.1, 0.15) is 0 Å². The number of amides is 2. The highest BCUT2D eigenvalue weighted by Crippen LogP contribution is 2.33. The lowest BCUT2D eigenvalue weighted by molar-refractivity contribution is -0.137. The van der Waals surface area contributed by atoms with Crippen LogP contribution in [0.3, 0.4) is 0 Å². The van der Waals surface area contributed by atoms with Crippen molar-refractivity contribution in [3.8, 4) is 0 Å². The molecule has 6 nitrogen and oxygen atoms in total. The zero-order valence-corrected chi connectivity index (χ0v) is 22.0. The first-order valence-corrected chi connectivity index (χ1v) is 12.4. The van der Waals surface area contributed by atoms with Gasteiger partial charge >= 0.3 is 0 Å². The highest BCUT2D eigenvalue weighted by Gasteiger charge is 2.36. The van der Waals surface area contributed by atoms with E-state index >= 15 is 0 Å². The quantitative estimate of drug-likeness (QED) is 0.345. The van der Waals surface area contributed by atoms with Crippen LogP contribution in [0.25, 0.3) is 5.57 Å². The van der Waals surface area contributed by atoms with Crippen molar-refractivity contribution < 1.29 is 27.5 Å². The van der Waals surface area contributed by atoms with Gasteiger partial charge in [0.15, 0.2) is 0 Å². The van der Waals surface area contributed by atoms with Crippen LogP contribution in [0.4, 0.5) is 5.69 Å². The van der Waals surface area contributed by atoms with Crippen LogP contribution in [-0.2, 0) is 9.59 Å². The molecule has 0 spiro atoms. The van der Waals surface area contributed by atoms with Crippen molar-refractivity contribution in [2.24, 2.45) is 0 Å². The van der Waals surface area contributed by atoms with Crippen LogP contribution in [0.5, 0.6) is 0 Å². The Morgan fingerprint density at radius 2 is 1.35 bits per heavy atom. The average molecular weight is 539 g/mol. The predicted octanol–water partition coefficient (Wildman–Crippen LogP) is 0.902. The SMILES string of the molecule is O.O=C1CC(=C(c2ccccc2)c2ccccc2)C(=O)N1CCN1CCN(c2cccc(Cl)c2)CC1.[Cl-]. The summed E-state index contributed by atoms with van der Waals surface area (Å²) in [5.74, 6) is -0.290. The Hall–Kier alpha value is -3.16. The normalized spacial score (nSPS) is 15.9. The molecule has 0 atom stereocenters. The topological polar surface area (TPSA) is 75.4 Å². The summed E-state index contributed by atoms with van der Waals surface area (Å²) in [6.07, 6.45) is 0.139. The summed E-state index contributed by atoms with van der Waals surface area (Å²) in [7, 11) is 0. The fourth-order valence-electron chi connectivity index (χ4n) is 4.89. The first-order chi connectivity index (χ1) is 17.1. The minimum absolute atomic E-state index is 0. The molecule has 0 unspecified atom stereocenters. The molecule has 2 fully saturated rings. The van der Waals surface area contributed by atoms with Gasteiger partial charge in [0.2, 0.25) is 5.91 Å². The number of carbonyl (C=O) groups is 2. The van der Waals surface area contributed by atoms with Crippen molar-refractivity contribution in [1.29, 1.82) is 0 Å². The van der Waals surface area contributed by atoms with Crippen molar-refractivity contribution in [3.63, 3.8) is 0 Å². The van der Waals surface area contributed by atoms with Crippen LogP contribution >= 0.6 is 11.6 Å². The maximum Gasteiger partial charge on any atom is 0.257 e. The lowest BCUT2D eigenvalue weighted by atomic mass is 9.92. The molecule has 8 heteroatoms. The van der Waals surface area contributed by atoms with Crippen LogP contribution in [0, 0.1) is 0 Å². The molecule has 5 rings (SSSR count). The Morgan fingerprint density at radius 3 is 1.92 bits per heavy atom. The number of hydrogen-bond donors (Lipinski definition) is 0. The minimum Gasteiger partial charge on any atom is -1.00 e. The van der Waals surface area contributed by atoms with Gasteiger partial charge in [-0.3, -0.25) is 19.4 Å². The van der Waals surface area contributed by atoms with Gasteiger partial charge in [0.05, 0.1) is 6.42 Å². The van der Waals surface area contributed by atoms with E-state index in [2.05, 4.69) is 15.9 Å². The van der Waals surface area contributed by atoms with Gasteiger partial charge in [-0.2, -0.15) is 0 Å². The molecule has 0 bridgehead atoms. The molecule has 0 aliphatic carbocycles. The Labute approximate surface area is 228 Å². The number of piperazine rings is 1. The van der Waals surface area contributed by atoms with E-state index in [4.69, 9.17) is 11.6 Å². The molecule has 0 radical (unpaired) electrons. The second-order valence-electron chi connectivity index (χ2n) is 8.92. The predicted molar refractivity (Wildman–Crippen MR) is 144 cm³/mol. The molecule has 2 heterocycles. The largest absolute Gasteiger partial charge is 1.00 e. The fraction of sp³-hybridized carbons (Fsp3) is 0.241. The van der Waals surface area contributed by atoms with Crippen molar-refractivity contribution in [2.75, 3.05) is 44.2 Å². The number of imide groups is 1. The molecule has 2 saturated heterocycles. The lowest BCUT2D eigenvalue weighted by Gasteiger charge is -2.36. The lowest BCUT2D eigenvalue weighted by Crippen LogP contribution is -3.00. The molecule has 194 valence electrons. The maximum atomic E-state index is 13.5. The van der Waals surface area contributed by atoms with E-state index in [1.165, 1.54) is 4.90 Å². The van der Waals surface area contributed by atoms with E-state index in [0.29, 0.717) is 18.7 Å². The zero-order valence-electron chi connectivity index (χ0n) is 20.4. The number of rotatable bonds is 6. The zero-order chi connectivity index (χ0) is 24.2. The Balaban J connectivity index is 0.00000190. The highest BCUT2D eigenvalue weighted by molar-refractivity contribution is 6.30. The van der Waals surface area contributed by atoms with Crippen LogP contribution in [0.2, 0.25) is 5.02 Å². The van der Waals surface area contributed by atoms with Gasteiger partial charge in [0, 0.05) is 55.6 Å². The summed E-state index contributed by atoms with van der Waals surface area (Å²) >= 11 is 6.14. The summed E-state index contributed by atoms with van der Waals surface area (Å²) in [4.78, 5) is 32.5. The number of carbonyl (C=O) groups excluding carboxylic acids is 2. The van der Waals surface area contributed by atoms with Crippen LogP contribution in [0.1, 0.15) is 17.5 Å². The van der Waals surface area contributed by atoms with Crippen molar-refractivity contribution in [2.45, 2.75) is 6.42 Å². The van der Waals surface area contributed by atoms with E-state index in [9.17, 15) is 9.59 Å². The molecule has 2 aliphatic heterocycles. The maximum absolute atomic E-state index is 13.5. The number of benzene rings is 3. The number of anilines is 1. The van der Waals surface area contributed by atoms with Crippen LogP contribution in [0.15, 0.2) is 90.5 Å². The Morgan fingerprint density at radius 1 is 0.757 bits per heavy atom. The second-order valence-corrected chi connectivity index (χ2v) is 9.36. The molecule has 0 aromatic heterocycles. The highest BCUT2D eigenvalue weighted by atomic mass is 35.5. The summed E-state index contributed by atoms with van der Waals surface area (Å²) in [6.45, 7) is 4.63. The van der Waals surface area contributed by atoms with Gasteiger partial charge in [-0.05, 0) is 34.9 Å². The van der Waals surface area contributed by atoms with E-state index in [0.717, 1.165) is 53.6 Å². The van der Waals surface area contributed by atoms with E-state index in [1.807, 2.05) is 78.9 Å². The minimum atomic E-state index is -0.171. The molecule has 2 N–H and O–H groups in total. The van der Waals surface area contributed by atoms with Gasteiger partial charge in [-0.1, -0.05) is 78.3 Å². The van der Waals surface area contributed by atoms with Crippen molar-refractivity contribution in [1.82, 2.24) is 9.80 Å². The molecular weight excluding hydrogens is 509 g/mol. The Bertz CT molecular complexity index is 1200. The monoisotopic (exact) mass is 538 g/mol. The molecular formula is C29H30Cl2N3O3-. The van der Waals surface area contributed by atoms with E-state index in [-0.39, 0.29) is 36.1 Å². The smallest absolute Gasteiger partial charge is 0.257 e. The third kappa shape index (κ3) is 6.40.